The molecule has 0 saturated heterocycles. The molecule has 1 N–H and O–H groups in total. The van der Waals surface area contributed by atoms with Crippen LogP contribution < -0.4 is 5.32 Å². The summed E-state index contributed by atoms with van der Waals surface area (Å²) < 4.78 is 0. The average Bonchev–Trinajstić information content (AvgIpc) is 2.26. The largest absolute Gasteiger partial charge is 0.312 e. The van der Waals surface area contributed by atoms with Crippen molar-refractivity contribution in [2.45, 2.75) is 71.9 Å². The van der Waals surface area contributed by atoms with Crippen LogP contribution in [-0.2, 0) is 0 Å². The number of hydrogen-bond donors (Lipinski definition) is 1. The standard InChI is InChI=1S/C15H34N2/c1-8-11-16-14(12-13(4)5)15(9-2,10-3)17(6)7/h13-14,16H,8-12H2,1-7H3. The fourth-order valence-corrected chi connectivity index (χ4v) is 2.97. The molecule has 0 aromatic heterocycles. The van der Waals surface area contributed by atoms with Gasteiger partial charge in [-0.05, 0) is 52.2 Å². The van der Waals surface area contributed by atoms with E-state index in [4.69, 9.17) is 0 Å². The van der Waals surface area contributed by atoms with E-state index in [2.05, 4.69) is 58.9 Å². The number of nitrogens with zero attached hydrogens (tertiary/aromatic N) is 1. The predicted octanol–water partition coefficient (Wildman–Crippen LogP) is 3.52. The Bertz CT molecular complexity index is 183. The first kappa shape index (κ1) is 16.9. The molecule has 104 valence electrons. The molecule has 0 bridgehead atoms. The molecule has 17 heavy (non-hydrogen) atoms. The summed E-state index contributed by atoms with van der Waals surface area (Å²) in [6.45, 7) is 12.7. The first-order chi connectivity index (χ1) is 7.94. The molecule has 0 rings (SSSR count). The normalized spacial score (nSPS) is 14.6. The summed E-state index contributed by atoms with van der Waals surface area (Å²) in [4.78, 5) is 2.43. The molecular formula is C15H34N2. The molecule has 0 fully saturated rings. The van der Waals surface area contributed by atoms with Crippen LogP contribution in [0.3, 0.4) is 0 Å². The summed E-state index contributed by atoms with van der Waals surface area (Å²) in [5, 5.41) is 3.78. The Morgan fingerprint density at radius 2 is 1.59 bits per heavy atom. The maximum absolute atomic E-state index is 3.78. The molecular weight excluding hydrogens is 208 g/mol. The molecule has 0 aliphatic heterocycles. The van der Waals surface area contributed by atoms with Crippen LogP contribution in [0.4, 0.5) is 0 Å². The number of likely N-dealkylation sites (N-methyl/N-ethyl adjacent to an activating group) is 1. The first-order valence-electron chi connectivity index (χ1n) is 7.35. The second kappa shape index (κ2) is 8.10. The lowest BCUT2D eigenvalue weighted by atomic mass is 9.79. The van der Waals surface area contributed by atoms with Crippen molar-refractivity contribution >= 4 is 0 Å². The van der Waals surface area contributed by atoms with Gasteiger partial charge in [0.2, 0.25) is 0 Å². The van der Waals surface area contributed by atoms with Gasteiger partial charge in [-0.15, -0.1) is 0 Å². The van der Waals surface area contributed by atoms with Gasteiger partial charge in [0.05, 0.1) is 0 Å². The van der Waals surface area contributed by atoms with E-state index >= 15 is 0 Å². The fraction of sp³-hybridized carbons (Fsp3) is 1.00. The molecule has 0 spiro atoms. The number of rotatable bonds is 9. The van der Waals surface area contributed by atoms with E-state index in [-0.39, 0.29) is 0 Å². The van der Waals surface area contributed by atoms with E-state index in [0.717, 1.165) is 12.5 Å². The summed E-state index contributed by atoms with van der Waals surface area (Å²) in [5.74, 6) is 0.752. The van der Waals surface area contributed by atoms with Gasteiger partial charge in [-0.1, -0.05) is 34.6 Å². The smallest absolute Gasteiger partial charge is 0.0351 e. The topological polar surface area (TPSA) is 15.3 Å². The van der Waals surface area contributed by atoms with Crippen molar-refractivity contribution in [3.8, 4) is 0 Å². The van der Waals surface area contributed by atoms with Crippen molar-refractivity contribution in [3.63, 3.8) is 0 Å². The Kier molecular flexibility index (Phi) is 8.06. The van der Waals surface area contributed by atoms with Gasteiger partial charge in [-0.3, -0.25) is 0 Å². The zero-order valence-corrected chi connectivity index (χ0v) is 13.1. The van der Waals surface area contributed by atoms with Crippen LogP contribution in [0.1, 0.15) is 60.3 Å². The summed E-state index contributed by atoms with van der Waals surface area (Å²) in [5.41, 5.74) is 0.305. The molecule has 0 amide bonds. The third kappa shape index (κ3) is 4.59. The molecule has 0 aromatic rings. The summed E-state index contributed by atoms with van der Waals surface area (Å²) >= 11 is 0. The molecule has 2 nitrogen and oxygen atoms in total. The SMILES string of the molecule is CCCNC(CC(C)C)C(CC)(CC)N(C)C. The molecule has 0 aromatic carbocycles. The molecule has 1 unspecified atom stereocenters. The van der Waals surface area contributed by atoms with Gasteiger partial charge in [0.1, 0.15) is 0 Å². The minimum absolute atomic E-state index is 0.305. The van der Waals surface area contributed by atoms with E-state index in [9.17, 15) is 0 Å². The van der Waals surface area contributed by atoms with Crippen molar-refractivity contribution in [1.82, 2.24) is 10.2 Å². The minimum Gasteiger partial charge on any atom is -0.312 e. The van der Waals surface area contributed by atoms with Gasteiger partial charge in [0.15, 0.2) is 0 Å². The monoisotopic (exact) mass is 242 g/mol. The van der Waals surface area contributed by atoms with E-state index < -0.39 is 0 Å². The van der Waals surface area contributed by atoms with Crippen LogP contribution in [0.15, 0.2) is 0 Å². The van der Waals surface area contributed by atoms with E-state index in [1.165, 1.54) is 25.7 Å². The molecule has 0 saturated carbocycles. The van der Waals surface area contributed by atoms with E-state index in [1.54, 1.807) is 0 Å². The Morgan fingerprint density at radius 1 is 1.06 bits per heavy atom. The highest BCUT2D eigenvalue weighted by Crippen LogP contribution is 2.29. The third-order valence-electron chi connectivity index (χ3n) is 4.11. The lowest BCUT2D eigenvalue weighted by molar-refractivity contribution is 0.0781. The summed E-state index contributed by atoms with van der Waals surface area (Å²) in [6, 6.07) is 0.604. The molecule has 0 aliphatic rings. The number of hydrogen-bond acceptors (Lipinski definition) is 2. The van der Waals surface area contributed by atoms with Crippen molar-refractivity contribution in [3.05, 3.63) is 0 Å². The van der Waals surface area contributed by atoms with Crippen molar-refractivity contribution in [1.29, 1.82) is 0 Å². The summed E-state index contributed by atoms with van der Waals surface area (Å²) in [7, 11) is 4.46. The molecule has 1 atom stereocenters. The fourth-order valence-electron chi connectivity index (χ4n) is 2.97. The zero-order chi connectivity index (χ0) is 13.5. The first-order valence-corrected chi connectivity index (χ1v) is 7.35. The molecule has 0 heterocycles. The van der Waals surface area contributed by atoms with Gasteiger partial charge < -0.3 is 10.2 Å². The maximum Gasteiger partial charge on any atom is 0.0351 e. The second-order valence-corrected chi connectivity index (χ2v) is 5.84. The van der Waals surface area contributed by atoms with Crippen LogP contribution in [0, 0.1) is 5.92 Å². The van der Waals surface area contributed by atoms with Crippen LogP contribution in [0.2, 0.25) is 0 Å². The highest BCUT2D eigenvalue weighted by molar-refractivity contribution is 4.97. The minimum atomic E-state index is 0.305. The molecule has 0 radical (unpaired) electrons. The number of nitrogens with one attached hydrogen (secondary N) is 1. The average molecular weight is 242 g/mol. The van der Waals surface area contributed by atoms with E-state index in [1.807, 2.05) is 0 Å². The van der Waals surface area contributed by atoms with Gasteiger partial charge in [-0.25, -0.2) is 0 Å². The zero-order valence-electron chi connectivity index (χ0n) is 13.1. The van der Waals surface area contributed by atoms with Crippen molar-refractivity contribution in [2.75, 3.05) is 20.6 Å². The lowest BCUT2D eigenvalue weighted by Crippen LogP contribution is -2.59. The Morgan fingerprint density at radius 3 is 1.88 bits per heavy atom. The highest BCUT2D eigenvalue weighted by Gasteiger charge is 2.37. The Balaban J connectivity index is 4.91. The van der Waals surface area contributed by atoms with Crippen LogP contribution >= 0.6 is 0 Å². The quantitative estimate of drug-likeness (QED) is 0.665. The van der Waals surface area contributed by atoms with Gasteiger partial charge in [0, 0.05) is 11.6 Å². The highest BCUT2D eigenvalue weighted by atomic mass is 15.2. The van der Waals surface area contributed by atoms with E-state index in [0.29, 0.717) is 11.6 Å². The third-order valence-corrected chi connectivity index (χ3v) is 4.11. The van der Waals surface area contributed by atoms with Crippen LogP contribution in [0.5, 0.6) is 0 Å². The Labute approximate surface area is 109 Å². The van der Waals surface area contributed by atoms with Gasteiger partial charge in [0.25, 0.3) is 0 Å². The maximum atomic E-state index is 3.78. The van der Waals surface area contributed by atoms with Gasteiger partial charge >= 0.3 is 0 Å². The van der Waals surface area contributed by atoms with Crippen LogP contribution in [0.25, 0.3) is 0 Å². The summed E-state index contributed by atoms with van der Waals surface area (Å²) in [6.07, 6.45) is 4.90. The van der Waals surface area contributed by atoms with Crippen molar-refractivity contribution in [2.24, 2.45) is 5.92 Å². The molecule has 2 heteroatoms. The van der Waals surface area contributed by atoms with Crippen LogP contribution in [-0.4, -0.2) is 37.1 Å². The Hall–Kier alpha value is -0.0800. The van der Waals surface area contributed by atoms with Gasteiger partial charge in [-0.2, -0.15) is 0 Å². The lowest BCUT2D eigenvalue weighted by Gasteiger charge is -2.46. The predicted molar refractivity (Wildman–Crippen MR) is 78.5 cm³/mol. The second-order valence-electron chi connectivity index (χ2n) is 5.84. The van der Waals surface area contributed by atoms with Crippen molar-refractivity contribution < 1.29 is 0 Å². The molecule has 0 aliphatic carbocycles.